The Bertz CT molecular complexity index is 372. The highest BCUT2D eigenvalue weighted by Gasteiger charge is 2.14. The van der Waals surface area contributed by atoms with Crippen LogP contribution in [-0.4, -0.2) is 26.2 Å². The molecule has 2 rings (SSSR count). The molecule has 1 aliphatic rings. The van der Waals surface area contributed by atoms with Crippen molar-refractivity contribution in [1.29, 1.82) is 0 Å². The van der Waals surface area contributed by atoms with Crippen LogP contribution in [0.3, 0.4) is 0 Å². The number of alkyl halides is 2. The van der Waals surface area contributed by atoms with Crippen molar-refractivity contribution in [2.75, 3.05) is 31.1 Å². The number of nitrogens with zero attached hydrogens (tertiary/aromatic N) is 1. The van der Waals surface area contributed by atoms with Gasteiger partial charge in [-0.15, -0.1) is 0 Å². The minimum atomic E-state index is -2.38. The van der Waals surface area contributed by atoms with Crippen LogP contribution in [0, 0.1) is 6.92 Å². The third-order valence-electron chi connectivity index (χ3n) is 3.15. The molecule has 1 saturated heterocycles. The van der Waals surface area contributed by atoms with Crippen LogP contribution in [0.25, 0.3) is 0 Å². The Kier molecular flexibility index (Phi) is 3.94. The fourth-order valence-electron chi connectivity index (χ4n) is 2.26. The molecule has 0 amide bonds. The van der Waals surface area contributed by atoms with Gasteiger partial charge in [-0.3, -0.25) is 0 Å². The van der Waals surface area contributed by atoms with E-state index in [-0.39, 0.29) is 5.56 Å². The van der Waals surface area contributed by atoms with Crippen molar-refractivity contribution in [3.05, 3.63) is 29.3 Å². The first kappa shape index (κ1) is 12.3. The monoisotopic (exact) mass is 240 g/mol. The summed E-state index contributed by atoms with van der Waals surface area (Å²) in [5.74, 6) is 0. The molecule has 0 bridgehead atoms. The predicted molar refractivity (Wildman–Crippen MR) is 65.8 cm³/mol. The zero-order valence-corrected chi connectivity index (χ0v) is 10.0. The van der Waals surface area contributed by atoms with Crippen LogP contribution in [-0.2, 0) is 0 Å². The van der Waals surface area contributed by atoms with Gasteiger partial charge in [-0.25, -0.2) is 8.78 Å². The van der Waals surface area contributed by atoms with E-state index < -0.39 is 6.43 Å². The van der Waals surface area contributed by atoms with Gasteiger partial charge in [0.25, 0.3) is 6.43 Å². The van der Waals surface area contributed by atoms with Gasteiger partial charge in [0.15, 0.2) is 0 Å². The van der Waals surface area contributed by atoms with Crippen LogP contribution in [0.1, 0.15) is 24.0 Å². The molecule has 1 heterocycles. The second kappa shape index (κ2) is 5.45. The summed E-state index contributed by atoms with van der Waals surface area (Å²) in [5.41, 5.74) is 2.13. The van der Waals surface area contributed by atoms with Crippen molar-refractivity contribution in [2.45, 2.75) is 19.8 Å². The number of halogens is 2. The average Bonchev–Trinajstić information content (AvgIpc) is 2.57. The number of hydrogen-bond acceptors (Lipinski definition) is 2. The van der Waals surface area contributed by atoms with Gasteiger partial charge in [0.2, 0.25) is 0 Å². The molecule has 1 fully saturated rings. The van der Waals surface area contributed by atoms with Crippen LogP contribution < -0.4 is 10.2 Å². The second-order valence-corrected chi connectivity index (χ2v) is 4.44. The molecule has 1 aromatic rings. The molecule has 1 aliphatic heterocycles. The van der Waals surface area contributed by atoms with Gasteiger partial charge in [0.1, 0.15) is 0 Å². The lowest BCUT2D eigenvalue weighted by atomic mass is 10.1. The number of hydrogen-bond donors (Lipinski definition) is 1. The van der Waals surface area contributed by atoms with Crippen LogP contribution in [0.15, 0.2) is 18.2 Å². The molecule has 0 saturated carbocycles. The zero-order chi connectivity index (χ0) is 12.3. The summed E-state index contributed by atoms with van der Waals surface area (Å²) in [5, 5.41) is 3.33. The maximum atomic E-state index is 12.6. The highest BCUT2D eigenvalue weighted by molar-refractivity contribution is 5.54. The fraction of sp³-hybridized carbons (Fsp3) is 0.538. The van der Waals surface area contributed by atoms with Crippen LogP contribution >= 0.6 is 0 Å². The first-order valence-corrected chi connectivity index (χ1v) is 6.03. The number of anilines is 1. The zero-order valence-electron chi connectivity index (χ0n) is 10.0. The van der Waals surface area contributed by atoms with Gasteiger partial charge in [-0.1, -0.05) is 6.07 Å². The Morgan fingerprint density at radius 1 is 1.24 bits per heavy atom. The molecule has 4 heteroatoms. The molecular weight excluding hydrogens is 222 g/mol. The Hall–Kier alpha value is -1.16. The van der Waals surface area contributed by atoms with Gasteiger partial charge < -0.3 is 10.2 Å². The molecule has 0 unspecified atom stereocenters. The van der Waals surface area contributed by atoms with Crippen molar-refractivity contribution >= 4 is 5.69 Å². The van der Waals surface area contributed by atoms with E-state index in [2.05, 4.69) is 10.2 Å². The molecule has 0 aromatic heterocycles. The number of benzene rings is 1. The Labute approximate surface area is 101 Å². The van der Waals surface area contributed by atoms with E-state index in [0.717, 1.165) is 43.9 Å². The summed E-state index contributed by atoms with van der Waals surface area (Å²) in [6.45, 7) is 5.82. The minimum absolute atomic E-state index is 0.110. The molecule has 1 N–H and O–H groups in total. The molecule has 0 radical (unpaired) electrons. The first-order chi connectivity index (χ1) is 8.18. The maximum absolute atomic E-state index is 12.6. The number of rotatable bonds is 2. The largest absolute Gasteiger partial charge is 0.370 e. The fourth-order valence-corrected chi connectivity index (χ4v) is 2.26. The van der Waals surface area contributed by atoms with Gasteiger partial charge in [-0.2, -0.15) is 0 Å². The highest BCUT2D eigenvalue weighted by Crippen LogP contribution is 2.26. The van der Waals surface area contributed by atoms with Crippen molar-refractivity contribution in [1.82, 2.24) is 5.32 Å². The van der Waals surface area contributed by atoms with E-state index in [1.165, 1.54) is 6.07 Å². The van der Waals surface area contributed by atoms with E-state index in [4.69, 9.17) is 0 Å². The lowest BCUT2D eigenvalue weighted by Gasteiger charge is -2.24. The molecule has 17 heavy (non-hydrogen) atoms. The summed E-state index contributed by atoms with van der Waals surface area (Å²) < 4.78 is 25.1. The van der Waals surface area contributed by atoms with Crippen LogP contribution in [0.2, 0.25) is 0 Å². The van der Waals surface area contributed by atoms with Gasteiger partial charge in [-0.05, 0) is 37.6 Å². The third kappa shape index (κ3) is 2.94. The molecule has 94 valence electrons. The smallest absolute Gasteiger partial charge is 0.263 e. The molecular formula is C13H18F2N2. The topological polar surface area (TPSA) is 15.3 Å². The Balaban J connectivity index is 2.19. The SMILES string of the molecule is Cc1cc(C(F)F)ccc1N1CCCNCC1. The van der Waals surface area contributed by atoms with Gasteiger partial charge in [0, 0.05) is 30.9 Å². The molecule has 0 atom stereocenters. The van der Waals surface area contributed by atoms with Crippen molar-refractivity contribution in [3.8, 4) is 0 Å². The van der Waals surface area contributed by atoms with E-state index in [1.54, 1.807) is 6.07 Å². The van der Waals surface area contributed by atoms with Crippen LogP contribution in [0.4, 0.5) is 14.5 Å². The van der Waals surface area contributed by atoms with Crippen molar-refractivity contribution < 1.29 is 8.78 Å². The van der Waals surface area contributed by atoms with Crippen molar-refractivity contribution in [2.24, 2.45) is 0 Å². The lowest BCUT2D eigenvalue weighted by molar-refractivity contribution is 0.151. The minimum Gasteiger partial charge on any atom is -0.370 e. The normalized spacial score (nSPS) is 17.3. The summed E-state index contributed by atoms with van der Waals surface area (Å²) in [4.78, 5) is 2.27. The second-order valence-electron chi connectivity index (χ2n) is 4.44. The lowest BCUT2D eigenvalue weighted by Crippen LogP contribution is -2.28. The van der Waals surface area contributed by atoms with E-state index in [0.29, 0.717) is 0 Å². The van der Waals surface area contributed by atoms with Crippen molar-refractivity contribution in [3.63, 3.8) is 0 Å². The molecule has 0 spiro atoms. The summed E-state index contributed by atoms with van der Waals surface area (Å²) in [6.07, 6.45) is -1.29. The molecule has 1 aromatic carbocycles. The van der Waals surface area contributed by atoms with Crippen LogP contribution in [0.5, 0.6) is 0 Å². The molecule has 0 aliphatic carbocycles. The van der Waals surface area contributed by atoms with E-state index in [1.807, 2.05) is 13.0 Å². The average molecular weight is 240 g/mol. The number of aryl methyl sites for hydroxylation is 1. The van der Waals surface area contributed by atoms with E-state index in [9.17, 15) is 8.78 Å². The van der Waals surface area contributed by atoms with Gasteiger partial charge in [0.05, 0.1) is 0 Å². The quantitative estimate of drug-likeness (QED) is 0.855. The summed E-state index contributed by atoms with van der Waals surface area (Å²) >= 11 is 0. The predicted octanol–water partition coefficient (Wildman–Crippen LogP) is 2.73. The molecule has 2 nitrogen and oxygen atoms in total. The standard InChI is InChI=1S/C13H18F2N2/c1-10-9-11(13(14)15)3-4-12(10)17-7-2-5-16-6-8-17/h3-4,9,13,16H,2,5-8H2,1H3. The maximum Gasteiger partial charge on any atom is 0.263 e. The Morgan fingerprint density at radius 3 is 2.76 bits per heavy atom. The third-order valence-corrected chi connectivity index (χ3v) is 3.15. The number of nitrogens with one attached hydrogen (secondary N) is 1. The summed E-state index contributed by atoms with van der Waals surface area (Å²) in [6, 6.07) is 4.95. The first-order valence-electron chi connectivity index (χ1n) is 6.03. The summed E-state index contributed by atoms with van der Waals surface area (Å²) in [7, 11) is 0. The van der Waals surface area contributed by atoms with E-state index >= 15 is 0 Å². The highest BCUT2D eigenvalue weighted by atomic mass is 19.3. The Morgan fingerprint density at radius 2 is 2.06 bits per heavy atom. The van der Waals surface area contributed by atoms with Gasteiger partial charge >= 0.3 is 0 Å².